The molecule has 17 heteroatoms. The maximum Gasteiger partial charge on any atom is 0.435 e. The third-order valence-electron chi connectivity index (χ3n) is 6.03. The predicted octanol–water partition coefficient (Wildman–Crippen LogP) is 2.35. The van der Waals surface area contributed by atoms with E-state index in [0.29, 0.717) is 22.3 Å². The molecule has 0 unspecified atom stereocenters. The van der Waals surface area contributed by atoms with E-state index >= 15 is 0 Å². The van der Waals surface area contributed by atoms with Crippen LogP contribution in [-0.4, -0.2) is 64.8 Å². The van der Waals surface area contributed by atoms with Crippen molar-refractivity contribution in [1.29, 1.82) is 0 Å². The Morgan fingerprint density at radius 3 is 1.95 bits per heavy atom. The number of benzene rings is 2. The number of nitrogens with one attached hydrogen (secondary N) is 1. The Kier molecular flexibility index (Phi) is 9.11. The molecule has 1 aliphatic rings. The fourth-order valence-electron chi connectivity index (χ4n) is 3.83. The summed E-state index contributed by atoms with van der Waals surface area (Å²) in [5, 5.41) is 21.2. The number of aliphatic hydroxyl groups excluding tert-OH is 2. The summed E-state index contributed by atoms with van der Waals surface area (Å²) in [7, 11) is 2.90. The summed E-state index contributed by atoms with van der Waals surface area (Å²) in [6, 6.07) is 12.0. The van der Waals surface area contributed by atoms with Gasteiger partial charge in [0.2, 0.25) is 5.82 Å². The summed E-state index contributed by atoms with van der Waals surface area (Å²) in [5.41, 5.74) is -5.66. The molecule has 1 aliphatic heterocycles. The second-order valence-corrected chi connectivity index (χ2v) is 11.5. The van der Waals surface area contributed by atoms with Gasteiger partial charge in [0.15, 0.2) is 11.8 Å². The average molecular weight is 620 g/mol. The van der Waals surface area contributed by atoms with E-state index in [4.69, 9.17) is 39.6 Å². The number of alkyl halides is 2. The van der Waals surface area contributed by atoms with Crippen LogP contribution in [0.5, 0.6) is 23.0 Å². The van der Waals surface area contributed by atoms with E-state index in [1.54, 1.807) is 4.98 Å². The van der Waals surface area contributed by atoms with E-state index in [1.165, 1.54) is 62.8 Å². The van der Waals surface area contributed by atoms with Gasteiger partial charge >= 0.3 is 12.4 Å². The molecule has 222 valence electrons. The van der Waals surface area contributed by atoms with Crippen LogP contribution in [0, 0.1) is 5.82 Å². The number of ether oxygens (including phenoxy) is 3. The zero-order chi connectivity index (χ0) is 29.9. The first-order chi connectivity index (χ1) is 19.4. The number of aromatic nitrogens is 2. The summed E-state index contributed by atoms with van der Waals surface area (Å²) in [6.07, 6.45) is -9.78. The van der Waals surface area contributed by atoms with Gasteiger partial charge in [-0.15, -0.1) is 0 Å². The van der Waals surface area contributed by atoms with Gasteiger partial charge in [-0.2, -0.15) is 4.39 Å². The first-order valence-electron chi connectivity index (χ1n) is 11.7. The van der Waals surface area contributed by atoms with Crippen molar-refractivity contribution in [2.45, 2.75) is 30.5 Å². The van der Waals surface area contributed by atoms with Gasteiger partial charge in [-0.05, 0) is 48.5 Å². The predicted molar refractivity (Wildman–Crippen MR) is 140 cm³/mol. The van der Waals surface area contributed by atoms with Crippen molar-refractivity contribution in [2.24, 2.45) is 0 Å². The van der Waals surface area contributed by atoms with Gasteiger partial charge in [-0.3, -0.25) is 18.9 Å². The maximum absolute atomic E-state index is 14.5. The van der Waals surface area contributed by atoms with Crippen LogP contribution in [0.4, 0.5) is 13.2 Å². The summed E-state index contributed by atoms with van der Waals surface area (Å²) < 4.78 is 75.9. The van der Waals surface area contributed by atoms with Crippen LogP contribution in [0.3, 0.4) is 0 Å². The van der Waals surface area contributed by atoms with Gasteiger partial charge in [0.05, 0.1) is 27.0 Å². The highest BCUT2D eigenvalue weighted by atomic mass is 32.5. The molecule has 41 heavy (non-hydrogen) atoms. The number of halogens is 3. The molecule has 3 aromatic rings. The van der Waals surface area contributed by atoms with Gasteiger partial charge in [-0.1, -0.05) is 0 Å². The minimum absolute atomic E-state index is 0.120. The highest BCUT2D eigenvalue weighted by Crippen LogP contribution is 2.52. The molecular formula is C24H24F3N2O10PS. The molecule has 0 bridgehead atoms. The molecule has 0 saturated carbocycles. The fraction of sp³-hybridized carbons (Fsp3) is 0.333. The number of methoxy groups -OCH3 is 2. The largest absolute Gasteiger partial charge is 0.497 e. The number of H-pyrrole nitrogens is 1. The summed E-state index contributed by atoms with van der Waals surface area (Å²) in [5.74, 6) is -0.256. The monoisotopic (exact) mass is 620 g/mol. The highest BCUT2D eigenvalue weighted by molar-refractivity contribution is 8.07. The standard InChI is InChI=1S/C24H24F3N2O10PS/c1-34-13-3-7-15(8-4-13)38-40(41,39-16-9-5-14(35-2)6-10-16)36-12-24(22(26)27)19(31)18(30)21(37-24)29-11-17(25)20(32)28-23(29)33/h3-11,18-19,21-22,30-31H,12H2,1-2H3,(H,28,32,33)/t18-,19+,21-,24-/m1/s1. The van der Waals surface area contributed by atoms with Gasteiger partial charge in [0.25, 0.3) is 12.0 Å². The van der Waals surface area contributed by atoms with Gasteiger partial charge in [-0.25, -0.2) is 13.6 Å². The van der Waals surface area contributed by atoms with E-state index in [1.807, 2.05) is 0 Å². The van der Waals surface area contributed by atoms with E-state index in [2.05, 4.69) is 0 Å². The van der Waals surface area contributed by atoms with Gasteiger partial charge in [0, 0.05) is 11.8 Å². The van der Waals surface area contributed by atoms with Gasteiger partial charge in [0.1, 0.15) is 35.2 Å². The SMILES string of the molecule is COc1ccc(OP(=S)(OC[C@@]2(C(F)F)O[C@@H](n3cc(F)c(=O)[nH]c3=O)[C@H](O)[C@@H]2O)Oc2ccc(OC)cc2)cc1. The fourth-order valence-corrected chi connectivity index (χ4v) is 5.76. The minimum atomic E-state index is -4.04. The van der Waals surface area contributed by atoms with E-state index in [0.717, 1.165) is 0 Å². The number of rotatable bonds is 11. The molecule has 12 nitrogen and oxygen atoms in total. The third kappa shape index (κ3) is 6.42. The van der Waals surface area contributed by atoms with E-state index in [-0.39, 0.29) is 11.5 Å². The molecule has 1 aromatic heterocycles. The summed E-state index contributed by atoms with van der Waals surface area (Å²) in [6.45, 7) is -5.24. The quantitative estimate of drug-likeness (QED) is 0.271. The van der Waals surface area contributed by atoms with Crippen LogP contribution in [0.25, 0.3) is 0 Å². The maximum atomic E-state index is 14.5. The van der Waals surface area contributed by atoms with E-state index in [9.17, 15) is 33.0 Å². The molecule has 0 aliphatic carbocycles. The Bertz CT molecular complexity index is 1470. The molecule has 0 spiro atoms. The van der Waals surface area contributed by atoms with Crippen LogP contribution in [0.1, 0.15) is 6.23 Å². The second kappa shape index (κ2) is 12.2. The Balaban J connectivity index is 1.65. The molecule has 1 fully saturated rings. The Morgan fingerprint density at radius 1 is 1.00 bits per heavy atom. The normalized spacial score (nSPS) is 22.5. The van der Waals surface area contributed by atoms with Crippen molar-refractivity contribution in [3.63, 3.8) is 0 Å². The Hall–Kier alpha value is -3.40. The molecule has 0 radical (unpaired) electrons. The smallest absolute Gasteiger partial charge is 0.435 e. The molecule has 0 amide bonds. The lowest BCUT2D eigenvalue weighted by atomic mass is 9.96. The van der Waals surface area contributed by atoms with Gasteiger partial charge < -0.3 is 33.5 Å². The van der Waals surface area contributed by atoms with E-state index < -0.39 is 60.9 Å². The van der Waals surface area contributed by atoms with Crippen LogP contribution in [-0.2, 0) is 21.1 Å². The summed E-state index contributed by atoms with van der Waals surface area (Å²) in [4.78, 5) is 25.2. The van der Waals surface area contributed by atoms with Crippen molar-refractivity contribution in [3.05, 3.63) is 81.4 Å². The summed E-state index contributed by atoms with van der Waals surface area (Å²) >= 11 is 5.50. The first kappa shape index (κ1) is 30.6. The number of aliphatic hydroxyl groups is 2. The number of hydrogen-bond acceptors (Lipinski definition) is 11. The number of aromatic amines is 1. The van der Waals surface area contributed by atoms with Crippen LogP contribution >= 0.6 is 6.72 Å². The van der Waals surface area contributed by atoms with Crippen molar-refractivity contribution in [1.82, 2.24) is 9.55 Å². The number of hydrogen-bond donors (Lipinski definition) is 3. The molecular weight excluding hydrogens is 596 g/mol. The third-order valence-corrected chi connectivity index (χ3v) is 8.10. The second-order valence-electron chi connectivity index (χ2n) is 8.60. The molecule has 1 saturated heterocycles. The Labute approximate surface area is 235 Å². The molecule has 2 heterocycles. The lowest BCUT2D eigenvalue weighted by molar-refractivity contribution is -0.192. The zero-order valence-corrected chi connectivity index (χ0v) is 23.0. The van der Waals surface area contributed by atoms with Crippen LogP contribution < -0.4 is 29.8 Å². The molecule has 4 rings (SSSR count). The lowest BCUT2D eigenvalue weighted by Gasteiger charge is -2.33. The van der Waals surface area contributed by atoms with Crippen molar-refractivity contribution in [3.8, 4) is 23.0 Å². The van der Waals surface area contributed by atoms with Crippen LogP contribution in [0.15, 0.2) is 64.3 Å². The van der Waals surface area contributed by atoms with Crippen molar-refractivity contribution >= 4 is 18.5 Å². The molecule has 2 aromatic carbocycles. The van der Waals surface area contributed by atoms with Crippen molar-refractivity contribution in [2.75, 3.05) is 20.8 Å². The average Bonchev–Trinajstić information content (AvgIpc) is 3.21. The minimum Gasteiger partial charge on any atom is -0.497 e. The Morgan fingerprint density at radius 2 is 1.49 bits per heavy atom. The van der Waals surface area contributed by atoms with Crippen LogP contribution in [0.2, 0.25) is 0 Å². The lowest BCUT2D eigenvalue weighted by Crippen LogP contribution is -2.52. The number of nitrogens with zero attached hydrogens (tertiary/aromatic N) is 1. The molecule has 4 atom stereocenters. The first-order valence-corrected chi connectivity index (χ1v) is 14.2. The molecule has 3 N–H and O–H groups in total. The highest BCUT2D eigenvalue weighted by Gasteiger charge is 2.61. The zero-order valence-electron chi connectivity index (χ0n) is 21.3. The topological polar surface area (TPSA) is 151 Å². The van der Waals surface area contributed by atoms with Crippen molar-refractivity contribution < 1.29 is 51.2 Å².